The summed E-state index contributed by atoms with van der Waals surface area (Å²) >= 11 is 7.78. The van der Waals surface area contributed by atoms with Gasteiger partial charge < -0.3 is 24.8 Å². The summed E-state index contributed by atoms with van der Waals surface area (Å²) in [5.41, 5.74) is 1.25. The molecule has 1 atom stereocenters. The first-order valence-electron chi connectivity index (χ1n) is 11.6. The van der Waals surface area contributed by atoms with Crippen LogP contribution < -0.4 is 33.5 Å². The minimum Gasteiger partial charge on any atom is -0.493 e. The molecule has 0 saturated heterocycles. The molecule has 2 aromatic carbocycles. The van der Waals surface area contributed by atoms with Gasteiger partial charge in [-0.15, -0.1) is 10.1 Å². The highest BCUT2D eigenvalue weighted by Crippen LogP contribution is 2.38. The average Bonchev–Trinajstić information content (AvgIpc) is 2.93. The summed E-state index contributed by atoms with van der Waals surface area (Å²) in [5, 5.41) is 9.40. The number of rotatable bonds is 17. The van der Waals surface area contributed by atoms with E-state index in [0.717, 1.165) is 5.17 Å². The van der Waals surface area contributed by atoms with E-state index in [1.54, 1.807) is 54.1 Å². The molecule has 212 valence electrons. The van der Waals surface area contributed by atoms with Crippen LogP contribution in [0.3, 0.4) is 0 Å². The zero-order valence-electron chi connectivity index (χ0n) is 21.5. The molecular formula is C24H29ClIN5O8. The molecule has 0 bridgehead atoms. The third kappa shape index (κ3) is 9.71. The molecule has 1 unspecified atom stereocenters. The summed E-state index contributed by atoms with van der Waals surface area (Å²) in [6.45, 7) is 1.74. The Morgan fingerprint density at radius 3 is 2.54 bits per heavy atom. The summed E-state index contributed by atoms with van der Waals surface area (Å²) in [4.78, 5) is 51.4. The number of carbonyl (C=O) groups excluding carboxylic acids is 3. The Morgan fingerprint density at radius 2 is 1.90 bits per heavy atom. The van der Waals surface area contributed by atoms with Crippen LogP contribution in [0, 0.1) is 4.91 Å². The summed E-state index contributed by atoms with van der Waals surface area (Å²) in [5.74, 6) is 0.412. The lowest BCUT2D eigenvalue weighted by atomic mass is 10.0. The minimum absolute atomic E-state index is 0.128. The average molecular weight is 678 g/mol. The van der Waals surface area contributed by atoms with Gasteiger partial charge in [0.25, 0.3) is 5.91 Å². The lowest BCUT2D eigenvalue weighted by molar-refractivity contribution is -0.123. The van der Waals surface area contributed by atoms with Crippen LogP contribution in [0.25, 0.3) is 0 Å². The van der Waals surface area contributed by atoms with Crippen molar-refractivity contribution in [2.24, 2.45) is 5.29 Å². The number of hydrogen-bond acceptors (Lipinski definition) is 9. The maximum absolute atomic E-state index is 12.7. The number of nitrogens with one attached hydrogen (secondary N) is 3. The summed E-state index contributed by atoms with van der Waals surface area (Å²) in [6, 6.07) is 7.27. The summed E-state index contributed by atoms with van der Waals surface area (Å²) in [7, 11) is 2.71. The highest BCUT2D eigenvalue weighted by molar-refractivity contribution is 14.1. The van der Waals surface area contributed by atoms with Crippen LogP contribution in [0.1, 0.15) is 36.9 Å². The first-order chi connectivity index (χ1) is 18.8. The van der Waals surface area contributed by atoms with Crippen molar-refractivity contribution < 1.29 is 33.4 Å². The van der Waals surface area contributed by atoms with Crippen LogP contribution in [-0.2, 0) is 25.8 Å². The maximum atomic E-state index is 12.7. The molecule has 0 saturated carbocycles. The lowest BCUT2D eigenvalue weighted by Crippen LogP contribution is -2.32. The molecule has 2 aromatic rings. The van der Waals surface area contributed by atoms with Crippen molar-refractivity contribution in [2.45, 2.75) is 32.4 Å². The fraction of sp³-hybridized carbons (Fsp3) is 0.375. The second-order valence-corrected chi connectivity index (χ2v) is 8.87. The first-order valence-corrected chi connectivity index (χ1v) is 13.0. The zero-order chi connectivity index (χ0) is 28.8. The molecule has 13 nitrogen and oxygen atoms in total. The number of nitrogens with zero attached hydrogens (tertiary/aromatic N) is 2. The van der Waals surface area contributed by atoms with Crippen molar-refractivity contribution in [3.63, 3.8) is 0 Å². The van der Waals surface area contributed by atoms with Crippen molar-refractivity contribution in [2.75, 3.05) is 32.6 Å². The molecule has 0 spiro atoms. The van der Waals surface area contributed by atoms with Crippen LogP contribution >= 0.6 is 34.5 Å². The van der Waals surface area contributed by atoms with Crippen molar-refractivity contribution in [3.05, 3.63) is 51.4 Å². The Hall–Kier alpha value is -3.37. The number of ether oxygens (including phenoxy) is 3. The van der Waals surface area contributed by atoms with Crippen molar-refractivity contribution in [3.8, 4) is 17.2 Å². The van der Waals surface area contributed by atoms with Gasteiger partial charge >= 0.3 is 0 Å². The Balaban J connectivity index is 2.19. The Labute approximate surface area is 244 Å². The highest BCUT2D eigenvalue weighted by Gasteiger charge is 2.23. The molecular weight excluding hydrogens is 649 g/mol. The van der Waals surface area contributed by atoms with E-state index in [1.807, 2.05) is 0 Å². The molecule has 0 aliphatic carbocycles. The Bertz CT molecular complexity index is 1160. The summed E-state index contributed by atoms with van der Waals surface area (Å²) < 4.78 is 19.4. The van der Waals surface area contributed by atoms with E-state index >= 15 is 0 Å². The van der Waals surface area contributed by atoms with Gasteiger partial charge in [-0.3, -0.25) is 22.8 Å². The molecule has 0 fully saturated rings. The van der Waals surface area contributed by atoms with Crippen molar-refractivity contribution >= 4 is 58.4 Å². The van der Waals surface area contributed by atoms with E-state index in [2.05, 4.69) is 19.4 Å². The van der Waals surface area contributed by atoms with E-state index in [-0.39, 0.29) is 43.5 Å². The second-order valence-electron chi connectivity index (χ2n) is 7.90. The van der Waals surface area contributed by atoms with Crippen LogP contribution in [-0.4, -0.2) is 45.7 Å². The van der Waals surface area contributed by atoms with E-state index in [9.17, 15) is 19.3 Å². The normalized spacial score (nSPS) is 11.1. The third-order valence-electron chi connectivity index (χ3n) is 5.28. The molecule has 39 heavy (non-hydrogen) atoms. The van der Waals surface area contributed by atoms with Crippen LogP contribution in [0.2, 0.25) is 5.02 Å². The van der Waals surface area contributed by atoms with E-state index in [0.29, 0.717) is 40.5 Å². The van der Waals surface area contributed by atoms with Crippen molar-refractivity contribution in [1.29, 1.82) is 0 Å². The number of amides is 3. The van der Waals surface area contributed by atoms with Gasteiger partial charge in [0, 0.05) is 35.2 Å². The maximum Gasteiger partial charge on any atom is 0.258 e. The predicted octanol–water partition coefficient (Wildman–Crippen LogP) is 3.53. The molecule has 0 aromatic heterocycles. The standard InChI is InChI=1S/C24H29ClIN5O8/c1-15(28-24(34)13-39-20-7-6-17(25)9-16(20)12-27-14-32)18-10-21(36-2)22(11-19(18)31(30-35)37-3)38-8-4-5-23(33)29-26/h6-7,9-11,14-15H,4-5,8,12-13H2,1-3H3,(H,27,32)(H,28,34)(H,29,33). The molecule has 0 heterocycles. The zero-order valence-corrected chi connectivity index (χ0v) is 24.4. The molecule has 0 radical (unpaired) electrons. The number of halogens is 2. The van der Waals surface area contributed by atoms with E-state index < -0.39 is 11.9 Å². The fourth-order valence-corrected chi connectivity index (χ4v) is 3.93. The van der Waals surface area contributed by atoms with Gasteiger partial charge in [-0.1, -0.05) is 11.6 Å². The van der Waals surface area contributed by atoms with Gasteiger partial charge in [-0.2, -0.15) is 0 Å². The van der Waals surface area contributed by atoms with E-state index in [1.165, 1.54) is 20.3 Å². The molecule has 0 aliphatic rings. The molecule has 3 amide bonds. The lowest BCUT2D eigenvalue weighted by Gasteiger charge is -2.23. The number of methoxy groups -OCH3 is 1. The second kappa shape index (κ2) is 16.6. The van der Waals surface area contributed by atoms with Gasteiger partial charge in [0.2, 0.25) is 12.3 Å². The van der Waals surface area contributed by atoms with Crippen LogP contribution in [0.5, 0.6) is 17.2 Å². The Kier molecular flexibility index (Phi) is 13.5. The number of anilines is 1. The summed E-state index contributed by atoms with van der Waals surface area (Å²) in [6.07, 6.45) is 1.26. The van der Waals surface area contributed by atoms with Crippen molar-refractivity contribution in [1.82, 2.24) is 14.2 Å². The van der Waals surface area contributed by atoms with Gasteiger partial charge in [-0.25, -0.2) is 0 Å². The third-order valence-corrected chi connectivity index (χ3v) is 6.12. The molecule has 3 N–H and O–H groups in total. The van der Waals surface area contributed by atoms with Crippen LogP contribution in [0.4, 0.5) is 5.69 Å². The predicted molar refractivity (Wildman–Crippen MR) is 152 cm³/mol. The first kappa shape index (κ1) is 31.8. The highest BCUT2D eigenvalue weighted by atomic mass is 127. The number of benzene rings is 2. The largest absolute Gasteiger partial charge is 0.493 e. The van der Waals surface area contributed by atoms with Gasteiger partial charge in [0.05, 0.1) is 55.0 Å². The smallest absolute Gasteiger partial charge is 0.258 e. The molecule has 2 rings (SSSR count). The monoisotopic (exact) mass is 677 g/mol. The van der Waals surface area contributed by atoms with Gasteiger partial charge in [0.15, 0.2) is 18.1 Å². The number of nitroso groups, excluding NO2 is 1. The topological polar surface area (TPSA) is 157 Å². The molecule has 0 aliphatic heterocycles. The minimum atomic E-state index is -0.646. The fourth-order valence-electron chi connectivity index (χ4n) is 3.47. The van der Waals surface area contributed by atoms with E-state index in [4.69, 9.17) is 30.6 Å². The number of carbonyl (C=O) groups is 3. The van der Waals surface area contributed by atoms with Crippen LogP contribution in [0.15, 0.2) is 35.6 Å². The molecule has 15 heteroatoms. The van der Waals surface area contributed by atoms with Gasteiger partial charge in [-0.05, 0) is 37.6 Å². The van der Waals surface area contributed by atoms with Gasteiger partial charge in [0.1, 0.15) is 11.4 Å². The Morgan fingerprint density at radius 1 is 1.13 bits per heavy atom. The quantitative estimate of drug-likeness (QED) is 0.0569. The number of hydrogen-bond donors (Lipinski definition) is 3. The SMILES string of the molecule is COc1cc(C(C)NC(=O)COc2ccc(Cl)cc2CNC=O)c(N(N=O)OC)cc1OCCCC(=O)NI.